The monoisotopic (exact) mass is 321 g/mol. The Labute approximate surface area is 143 Å². The Morgan fingerprint density at radius 1 is 1.17 bits per heavy atom. The number of aromatic nitrogens is 1. The minimum Gasteiger partial charge on any atom is -0.337 e. The first-order chi connectivity index (χ1) is 11.7. The predicted molar refractivity (Wildman–Crippen MR) is 94.3 cm³/mol. The van der Waals surface area contributed by atoms with Crippen molar-refractivity contribution in [1.29, 1.82) is 0 Å². The van der Waals surface area contributed by atoms with Crippen molar-refractivity contribution in [3.8, 4) is 11.3 Å². The van der Waals surface area contributed by atoms with Gasteiger partial charge in [-0.2, -0.15) is 0 Å². The fourth-order valence-electron chi connectivity index (χ4n) is 3.89. The van der Waals surface area contributed by atoms with E-state index in [1.807, 2.05) is 31.3 Å². The number of hydrogen-bond donors (Lipinski definition) is 0. The first-order valence-corrected chi connectivity index (χ1v) is 8.77. The molecule has 1 aromatic heterocycles. The van der Waals surface area contributed by atoms with Gasteiger partial charge in [0.05, 0.1) is 11.7 Å². The third kappa shape index (κ3) is 2.82. The van der Waals surface area contributed by atoms with Crippen LogP contribution in [0.5, 0.6) is 0 Å². The zero-order valence-corrected chi connectivity index (χ0v) is 14.1. The van der Waals surface area contributed by atoms with Crippen LogP contribution in [0.4, 0.5) is 0 Å². The van der Waals surface area contributed by atoms with E-state index in [0.717, 1.165) is 43.7 Å². The topological polar surface area (TPSA) is 36.4 Å². The summed E-state index contributed by atoms with van der Waals surface area (Å²) in [5, 5.41) is 0. The van der Waals surface area contributed by atoms with Crippen LogP contribution in [0.25, 0.3) is 11.3 Å². The maximum Gasteiger partial charge on any atom is 0.239 e. The molecule has 2 aromatic rings. The lowest BCUT2D eigenvalue weighted by atomic mass is 10.0. The van der Waals surface area contributed by atoms with Gasteiger partial charge in [0.25, 0.3) is 0 Å². The van der Waals surface area contributed by atoms with Crippen molar-refractivity contribution in [2.75, 3.05) is 13.1 Å². The Kier molecular flexibility index (Phi) is 4.07. The summed E-state index contributed by atoms with van der Waals surface area (Å²) in [4.78, 5) is 21.3. The molecule has 0 saturated carbocycles. The van der Waals surface area contributed by atoms with E-state index < -0.39 is 0 Å². The lowest BCUT2D eigenvalue weighted by Gasteiger charge is -2.41. The fourth-order valence-corrected chi connectivity index (χ4v) is 3.89. The number of rotatable bonds is 3. The van der Waals surface area contributed by atoms with E-state index in [1.54, 1.807) is 0 Å². The molecule has 4 rings (SSSR count). The van der Waals surface area contributed by atoms with Crippen LogP contribution in [0.2, 0.25) is 0 Å². The van der Waals surface area contributed by atoms with Gasteiger partial charge in [-0.05, 0) is 37.5 Å². The summed E-state index contributed by atoms with van der Waals surface area (Å²) in [5.41, 5.74) is 3.37. The predicted octanol–water partition coefficient (Wildman–Crippen LogP) is 2.94. The van der Waals surface area contributed by atoms with Crippen molar-refractivity contribution in [2.24, 2.45) is 0 Å². The standard InChI is InChI=1S/C20H23N3O/c1-15-20(24)23-12-4-5-18(23)14-22(15)13-16-7-9-17(10-8-16)19-6-2-3-11-21-19/h2-3,6-11,15,18H,4-5,12-14H2,1H3/t15-,18-/m1/s1. The number of hydrogen-bond acceptors (Lipinski definition) is 3. The lowest BCUT2D eigenvalue weighted by Crippen LogP contribution is -2.58. The van der Waals surface area contributed by atoms with Crippen LogP contribution in [0, 0.1) is 0 Å². The number of carbonyl (C=O) groups excluding carboxylic acids is 1. The smallest absolute Gasteiger partial charge is 0.239 e. The Morgan fingerprint density at radius 3 is 2.75 bits per heavy atom. The van der Waals surface area contributed by atoms with Crippen molar-refractivity contribution < 1.29 is 4.79 Å². The van der Waals surface area contributed by atoms with Gasteiger partial charge in [0.2, 0.25) is 5.91 Å². The lowest BCUT2D eigenvalue weighted by molar-refractivity contribution is -0.143. The molecule has 2 atom stereocenters. The summed E-state index contributed by atoms with van der Waals surface area (Å²) < 4.78 is 0. The van der Waals surface area contributed by atoms with Crippen molar-refractivity contribution in [1.82, 2.24) is 14.8 Å². The summed E-state index contributed by atoms with van der Waals surface area (Å²) in [6.07, 6.45) is 4.11. The van der Waals surface area contributed by atoms with E-state index in [9.17, 15) is 4.79 Å². The van der Waals surface area contributed by atoms with E-state index >= 15 is 0 Å². The molecule has 124 valence electrons. The normalized spacial score (nSPS) is 24.2. The zero-order chi connectivity index (χ0) is 16.5. The third-order valence-electron chi connectivity index (χ3n) is 5.31. The van der Waals surface area contributed by atoms with Crippen LogP contribution in [-0.2, 0) is 11.3 Å². The van der Waals surface area contributed by atoms with Crippen LogP contribution in [-0.4, -0.2) is 45.9 Å². The summed E-state index contributed by atoms with van der Waals surface area (Å²) in [7, 11) is 0. The summed E-state index contributed by atoms with van der Waals surface area (Å²) in [6.45, 7) is 4.81. The zero-order valence-electron chi connectivity index (χ0n) is 14.1. The minimum atomic E-state index is -0.0187. The van der Waals surface area contributed by atoms with Crippen molar-refractivity contribution in [2.45, 2.75) is 38.4 Å². The highest BCUT2D eigenvalue weighted by molar-refractivity contribution is 5.83. The van der Waals surface area contributed by atoms with Gasteiger partial charge in [-0.3, -0.25) is 14.7 Å². The molecule has 0 unspecified atom stereocenters. The van der Waals surface area contributed by atoms with E-state index in [4.69, 9.17) is 0 Å². The van der Waals surface area contributed by atoms with Gasteiger partial charge in [-0.1, -0.05) is 30.3 Å². The second-order valence-electron chi connectivity index (χ2n) is 6.85. The number of amides is 1. The quantitative estimate of drug-likeness (QED) is 0.872. The average molecular weight is 321 g/mol. The molecule has 0 bridgehead atoms. The maximum atomic E-state index is 12.5. The second kappa shape index (κ2) is 6.36. The maximum absolute atomic E-state index is 12.5. The molecule has 0 aliphatic carbocycles. The highest BCUT2D eigenvalue weighted by atomic mass is 16.2. The highest BCUT2D eigenvalue weighted by Gasteiger charge is 2.39. The van der Waals surface area contributed by atoms with E-state index in [1.165, 1.54) is 5.56 Å². The Bertz CT molecular complexity index is 713. The molecule has 3 heterocycles. The molecule has 2 fully saturated rings. The number of carbonyl (C=O) groups is 1. The van der Waals surface area contributed by atoms with Gasteiger partial charge in [0.1, 0.15) is 0 Å². The number of benzene rings is 1. The number of pyridine rings is 1. The Hall–Kier alpha value is -2.20. The molecular weight excluding hydrogens is 298 g/mol. The van der Waals surface area contributed by atoms with Gasteiger partial charge >= 0.3 is 0 Å². The molecule has 0 spiro atoms. The largest absolute Gasteiger partial charge is 0.337 e. The second-order valence-corrected chi connectivity index (χ2v) is 6.85. The van der Waals surface area contributed by atoms with Gasteiger partial charge in [0, 0.05) is 37.4 Å². The highest BCUT2D eigenvalue weighted by Crippen LogP contribution is 2.27. The third-order valence-corrected chi connectivity index (χ3v) is 5.31. The van der Waals surface area contributed by atoms with Crippen LogP contribution >= 0.6 is 0 Å². The van der Waals surface area contributed by atoms with E-state index in [2.05, 4.69) is 39.0 Å². The van der Waals surface area contributed by atoms with Gasteiger partial charge in [0.15, 0.2) is 0 Å². The molecule has 2 saturated heterocycles. The number of nitrogens with zero attached hydrogens (tertiary/aromatic N) is 3. The number of fused-ring (bicyclic) bond motifs is 1. The average Bonchev–Trinajstić information content (AvgIpc) is 3.09. The molecule has 4 nitrogen and oxygen atoms in total. The molecule has 1 amide bonds. The molecular formula is C20H23N3O. The molecule has 0 radical (unpaired) electrons. The van der Waals surface area contributed by atoms with Crippen molar-refractivity contribution in [3.05, 3.63) is 54.2 Å². The van der Waals surface area contributed by atoms with Crippen molar-refractivity contribution in [3.63, 3.8) is 0 Å². The van der Waals surface area contributed by atoms with Gasteiger partial charge < -0.3 is 4.90 Å². The first kappa shape index (κ1) is 15.3. The first-order valence-electron chi connectivity index (χ1n) is 8.77. The molecule has 2 aliphatic heterocycles. The summed E-state index contributed by atoms with van der Waals surface area (Å²) in [5.74, 6) is 0.300. The van der Waals surface area contributed by atoms with Crippen molar-refractivity contribution >= 4 is 5.91 Å². The van der Waals surface area contributed by atoms with Crippen LogP contribution < -0.4 is 0 Å². The molecule has 0 N–H and O–H groups in total. The van der Waals surface area contributed by atoms with E-state index in [0.29, 0.717) is 11.9 Å². The molecule has 24 heavy (non-hydrogen) atoms. The molecule has 1 aromatic carbocycles. The van der Waals surface area contributed by atoms with Gasteiger partial charge in [-0.15, -0.1) is 0 Å². The molecule has 2 aliphatic rings. The van der Waals surface area contributed by atoms with Crippen LogP contribution in [0.15, 0.2) is 48.7 Å². The van der Waals surface area contributed by atoms with Crippen LogP contribution in [0.1, 0.15) is 25.3 Å². The summed E-state index contributed by atoms with van der Waals surface area (Å²) in [6, 6.07) is 14.9. The van der Waals surface area contributed by atoms with Gasteiger partial charge in [-0.25, -0.2) is 0 Å². The van der Waals surface area contributed by atoms with E-state index in [-0.39, 0.29) is 6.04 Å². The SMILES string of the molecule is C[C@@H]1C(=O)N2CCC[C@@H]2CN1Cc1ccc(-c2ccccn2)cc1. The Balaban J connectivity index is 1.48. The van der Waals surface area contributed by atoms with Crippen LogP contribution in [0.3, 0.4) is 0 Å². The minimum absolute atomic E-state index is 0.0187. The Morgan fingerprint density at radius 2 is 2.00 bits per heavy atom. The fraction of sp³-hybridized carbons (Fsp3) is 0.400. The summed E-state index contributed by atoms with van der Waals surface area (Å²) >= 11 is 0. The molecule has 4 heteroatoms. The number of piperazine rings is 1.